The molecule has 94 valence electrons. The molecule has 2 aromatic rings. The Morgan fingerprint density at radius 2 is 2.11 bits per heavy atom. The van der Waals surface area contributed by atoms with Crippen molar-refractivity contribution in [2.45, 2.75) is 19.4 Å². The third-order valence-electron chi connectivity index (χ3n) is 2.66. The molecule has 1 aromatic carbocycles. The first-order valence-corrected chi connectivity index (χ1v) is 5.54. The lowest BCUT2D eigenvalue weighted by Gasteiger charge is -2.02. The Hall–Kier alpha value is -2.28. The number of hydrogen-bond donors (Lipinski definition) is 1. The van der Waals surface area contributed by atoms with Gasteiger partial charge in [0.15, 0.2) is 0 Å². The highest BCUT2D eigenvalue weighted by atomic mass is 16.6. The number of benzene rings is 1. The van der Waals surface area contributed by atoms with Crippen molar-refractivity contribution in [1.82, 2.24) is 15.0 Å². The van der Waals surface area contributed by atoms with E-state index in [0.717, 1.165) is 6.42 Å². The molecule has 0 saturated heterocycles. The number of nitro benzene ring substituents is 1. The molecule has 7 heteroatoms. The highest BCUT2D eigenvalue weighted by Gasteiger charge is 2.10. The molecule has 2 rings (SSSR count). The van der Waals surface area contributed by atoms with Gasteiger partial charge in [-0.15, -0.1) is 5.10 Å². The Kier molecular flexibility index (Phi) is 3.33. The van der Waals surface area contributed by atoms with Gasteiger partial charge in [-0.25, -0.2) is 4.68 Å². The fourth-order valence-electron chi connectivity index (χ4n) is 1.51. The Balaban J connectivity index is 2.26. The van der Waals surface area contributed by atoms with E-state index >= 15 is 0 Å². The molecule has 7 nitrogen and oxygen atoms in total. The van der Waals surface area contributed by atoms with Crippen molar-refractivity contribution in [1.29, 1.82) is 0 Å². The van der Waals surface area contributed by atoms with Crippen molar-refractivity contribution >= 4 is 5.69 Å². The van der Waals surface area contributed by atoms with E-state index in [4.69, 9.17) is 5.73 Å². The summed E-state index contributed by atoms with van der Waals surface area (Å²) in [5, 5.41) is 18.5. The minimum absolute atomic E-state index is 0.0457. The molecule has 0 aliphatic heterocycles. The smallest absolute Gasteiger partial charge is 0.269 e. The molecule has 1 atom stereocenters. The van der Waals surface area contributed by atoms with Crippen LogP contribution in [0.1, 0.15) is 25.1 Å². The lowest BCUT2D eigenvalue weighted by molar-refractivity contribution is -0.384. The minimum atomic E-state index is -0.441. The van der Waals surface area contributed by atoms with Gasteiger partial charge in [-0.2, -0.15) is 0 Å². The number of non-ortho nitro benzene ring substituents is 1. The third-order valence-corrected chi connectivity index (χ3v) is 2.66. The van der Waals surface area contributed by atoms with E-state index in [1.54, 1.807) is 23.0 Å². The van der Waals surface area contributed by atoms with Crippen LogP contribution in [0.25, 0.3) is 5.69 Å². The highest BCUT2D eigenvalue weighted by Crippen LogP contribution is 2.16. The second-order valence-corrected chi connectivity index (χ2v) is 3.88. The van der Waals surface area contributed by atoms with Gasteiger partial charge < -0.3 is 5.73 Å². The van der Waals surface area contributed by atoms with Crippen LogP contribution in [-0.4, -0.2) is 19.9 Å². The van der Waals surface area contributed by atoms with Gasteiger partial charge in [-0.1, -0.05) is 12.1 Å². The van der Waals surface area contributed by atoms with Crippen LogP contribution in [0.4, 0.5) is 5.69 Å². The molecule has 18 heavy (non-hydrogen) atoms. The van der Waals surface area contributed by atoms with Crippen molar-refractivity contribution < 1.29 is 4.92 Å². The molecule has 0 radical (unpaired) electrons. The van der Waals surface area contributed by atoms with Crippen molar-refractivity contribution in [3.8, 4) is 5.69 Å². The van der Waals surface area contributed by atoms with E-state index in [-0.39, 0.29) is 11.7 Å². The van der Waals surface area contributed by atoms with E-state index < -0.39 is 4.92 Å². The Morgan fingerprint density at radius 3 is 2.67 bits per heavy atom. The SMILES string of the molecule is CCC(N)c1cn(-c2ccc([N+](=O)[O-])cc2)nn1. The van der Waals surface area contributed by atoms with E-state index in [9.17, 15) is 10.1 Å². The number of hydrogen-bond acceptors (Lipinski definition) is 5. The zero-order chi connectivity index (χ0) is 13.1. The van der Waals surface area contributed by atoms with Gasteiger partial charge in [0, 0.05) is 12.1 Å². The predicted octanol–water partition coefficient (Wildman–Crippen LogP) is 1.59. The molecule has 0 fully saturated rings. The molecule has 0 saturated carbocycles. The zero-order valence-corrected chi connectivity index (χ0v) is 9.85. The van der Waals surface area contributed by atoms with Gasteiger partial charge in [-0.05, 0) is 18.6 Å². The van der Waals surface area contributed by atoms with Crippen LogP contribution in [0, 0.1) is 10.1 Å². The summed E-state index contributed by atoms with van der Waals surface area (Å²) < 4.78 is 1.55. The second kappa shape index (κ2) is 4.92. The Labute approximate surface area is 103 Å². The summed E-state index contributed by atoms with van der Waals surface area (Å²) in [5.41, 5.74) is 7.31. The van der Waals surface area contributed by atoms with E-state index in [2.05, 4.69) is 10.3 Å². The highest BCUT2D eigenvalue weighted by molar-refractivity contribution is 5.40. The van der Waals surface area contributed by atoms with Gasteiger partial charge >= 0.3 is 0 Å². The minimum Gasteiger partial charge on any atom is -0.323 e. The number of nitrogens with two attached hydrogens (primary N) is 1. The summed E-state index contributed by atoms with van der Waals surface area (Å²) in [6, 6.07) is 5.95. The van der Waals surface area contributed by atoms with Crippen LogP contribution in [0.3, 0.4) is 0 Å². The van der Waals surface area contributed by atoms with Gasteiger partial charge in [-0.3, -0.25) is 10.1 Å². The largest absolute Gasteiger partial charge is 0.323 e. The third kappa shape index (κ3) is 2.35. The van der Waals surface area contributed by atoms with Crippen LogP contribution < -0.4 is 5.73 Å². The lowest BCUT2D eigenvalue weighted by atomic mass is 10.2. The normalized spacial score (nSPS) is 12.3. The van der Waals surface area contributed by atoms with Crippen molar-refractivity contribution in [3.63, 3.8) is 0 Å². The summed E-state index contributed by atoms with van der Waals surface area (Å²) >= 11 is 0. The first-order chi connectivity index (χ1) is 8.61. The van der Waals surface area contributed by atoms with Crippen LogP contribution in [0.15, 0.2) is 30.5 Å². The van der Waals surface area contributed by atoms with Crippen LogP contribution in [0.5, 0.6) is 0 Å². The maximum Gasteiger partial charge on any atom is 0.269 e. The maximum absolute atomic E-state index is 10.5. The first kappa shape index (κ1) is 12.2. The van der Waals surface area contributed by atoms with E-state index in [0.29, 0.717) is 11.4 Å². The lowest BCUT2D eigenvalue weighted by Crippen LogP contribution is -2.08. The average molecular weight is 247 g/mol. The molecule has 1 heterocycles. The quantitative estimate of drug-likeness (QED) is 0.653. The fraction of sp³-hybridized carbons (Fsp3) is 0.273. The second-order valence-electron chi connectivity index (χ2n) is 3.88. The van der Waals surface area contributed by atoms with Gasteiger partial charge in [0.25, 0.3) is 5.69 Å². The summed E-state index contributed by atoms with van der Waals surface area (Å²) in [4.78, 5) is 10.1. The van der Waals surface area contributed by atoms with Gasteiger partial charge in [0.2, 0.25) is 0 Å². The fourth-order valence-corrected chi connectivity index (χ4v) is 1.51. The summed E-state index contributed by atoms with van der Waals surface area (Å²) in [5.74, 6) is 0. The van der Waals surface area contributed by atoms with Crippen molar-refractivity contribution in [2.75, 3.05) is 0 Å². The Bertz CT molecular complexity index is 549. The number of nitro groups is 1. The zero-order valence-electron chi connectivity index (χ0n) is 9.85. The monoisotopic (exact) mass is 247 g/mol. The van der Waals surface area contributed by atoms with Crippen LogP contribution in [-0.2, 0) is 0 Å². The molecule has 0 spiro atoms. The van der Waals surface area contributed by atoms with Crippen LogP contribution >= 0.6 is 0 Å². The number of nitrogens with zero attached hydrogens (tertiary/aromatic N) is 4. The molecule has 0 amide bonds. The van der Waals surface area contributed by atoms with Gasteiger partial charge in [0.05, 0.1) is 28.5 Å². The molecular formula is C11H13N5O2. The number of rotatable bonds is 4. The van der Waals surface area contributed by atoms with E-state index in [1.807, 2.05) is 6.92 Å². The van der Waals surface area contributed by atoms with Crippen molar-refractivity contribution in [2.24, 2.45) is 5.73 Å². The summed E-state index contributed by atoms with van der Waals surface area (Å²) in [6.07, 6.45) is 2.51. The average Bonchev–Trinajstić information content (AvgIpc) is 2.87. The van der Waals surface area contributed by atoms with Gasteiger partial charge in [0.1, 0.15) is 0 Å². The standard InChI is InChI=1S/C11H13N5O2/c1-2-10(12)11-7-15(14-13-11)8-3-5-9(6-4-8)16(17)18/h3-7,10H,2,12H2,1H3. The predicted molar refractivity (Wildman–Crippen MR) is 65.2 cm³/mol. The van der Waals surface area contributed by atoms with E-state index in [1.165, 1.54) is 12.1 Å². The molecule has 0 aliphatic carbocycles. The molecular weight excluding hydrogens is 234 g/mol. The Morgan fingerprint density at radius 1 is 1.44 bits per heavy atom. The summed E-state index contributed by atoms with van der Waals surface area (Å²) in [6.45, 7) is 1.97. The molecule has 0 aliphatic rings. The molecule has 0 bridgehead atoms. The molecule has 1 aromatic heterocycles. The molecule has 2 N–H and O–H groups in total. The number of aromatic nitrogens is 3. The topological polar surface area (TPSA) is 99.9 Å². The van der Waals surface area contributed by atoms with Crippen molar-refractivity contribution in [3.05, 3.63) is 46.3 Å². The first-order valence-electron chi connectivity index (χ1n) is 5.54. The maximum atomic E-state index is 10.5. The van der Waals surface area contributed by atoms with Crippen LogP contribution in [0.2, 0.25) is 0 Å². The summed E-state index contributed by atoms with van der Waals surface area (Å²) in [7, 11) is 0. The molecule has 1 unspecified atom stereocenters.